The normalized spacial score (nSPS) is 18.3. The zero-order valence-corrected chi connectivity index (χ0v) is 76.5. The van der Waals surface area contributed by atoms with Gasteiger partial charge in [-0.1, -0.05) is 110 Å². The Labute approximate surface area is 743 Å². The summed E-state index contributed by atoms with van der Waals surface area (Å²) in [5, 5.41) is 7.47. The van der Waals surface area contributed by atoms with E-state index in [1.165, 1.54) is 150 Å². The van der Waals surface area contributed by atoms with Gasteiger partial charge < -0.3 is 32.4 Å². The maximum absolute atomic E-state index is 13.6. The van der Waals surface area contributed by atoms with Crippen molar-refractivity contribution in [1.29, 1.82) is 0 Å². The van der Waals surface area contributed by atoms with Gasteiger partial charge in [0.2, 0.25) is 5.89 Å². The molecule has 8 aromatic heterocycles. The summed E-state index contributed by atoms with van der Waals surface area (Å²) >= 11 is 3.08. The summed E-state index contributed by atoms with van der Waals surface area (Å²) in [7, 11) is 3.91. The van der Waals surface area contributed by atoms with Crippen LogP contribution in [0.3, 0.4) is 0 Å². The zero-order valence-electron chi connectivity index (χ0n) is 73.2. The average molecular weight is 1780 g/mol. The van der Waals surface area contributed by atoms with Gasteiger partial charge in [0.1, 0.15) is 37.8 Å². The van der Waals surface area contributed by atoms with Gasteiger partial charge in [0.05, 0.1) is 31.6 Å². The van der Waals surface area contributed by atoms with Gasteiger partial charge in [-0.25, -0.2) is 29.3 Å². The SMILES string of the molecule is CC1(C)CCN2CCC(C)(C)c3c2c1cc1cc(-c2nc4ccccc4s2)c(=O)oc31.CC1(C)Cc2cc3cc(-c4nc5c(ccc6ccccc65)o4)c(=O)oc3c3c2N(CCC3(C)C)C1.CN(C)c1ccc2cc(-c3nc4ccccc4s3)c(=O)oc2c1.O=c1oc2c3c4c(cc2cc1-c1nc2ccccc2[se]1)CC1(CCCCC1)CN4CCC31CCCCC1. The molecule has 25 rings (SSSR count). The number of thiazole rings is 2. The van der Waals surface area contributed by atoms with Gasteiger partial charge in [0.25, 0.3) is 0 Å². The van der Waals surface area contributed by atoms with Crippen molar-refractivity contribution in [2.75, 3.05) is 73.0 Å². The van der Waals surface area contributed by atoms with Gasteiger partial charge in [-0.3, -0.25) is 0 Å². The molecule has 0 radical (unpaired) electrons. The molecule has 17 nitrogen and oxygen atoms in total. The van der Waals surface area contributed by atoms with Crippen LogP contribution in [-0.2, 0) is 34.5 Å². The standard InChI is InChI=1S/C32H34N2O2Se.C30H28N2O3.C26H26N2O2S.C18H14N2O2S/c35-30-23(29-33-24-9-3-4-10-25(24)37-29)18-21-17-22-19-31(11-5-1-6-12-31)20-34-16-15-32(13-7-2-8-14-32)26(27(22)34)28(21)36-30;1-29(2)15-19-13-18-14-21(27-31-24-20-8-6-5-7-17(20)9-10-22(24)34-27)28(33)35-26(18)23-25(19)32(16-29)12-11-30(23,3)4;1-25(2)9-11-28-12-10-26(3,4)20-21(28)17(25)14-15-13-16(24(29)30-22(15)20)23-27-18-7-5-6-8-19(18)31-23;1-20(2)12-8-7-11-9-13(18(21)22-15(11)10-12)17-19-14-5-3-4-6-16(14)23-17/h3-4,9-10,17-18H,1-2,5-8,11-16,19-20H2;5-10,13-14H,11-12,15-16H2,1-4H3;5-8,13-14H,9-12H2,1-4H3;3-10H,1-2H3. The number of para-hydroxylation sites is 3. The van der Waals surface area contributed by atoms with E-state index in [2.05, 4.69) is 124 Å². The van der Waals surface area contributed by atoms with Crippen molar-refractivity contribution in [2.24, 2.45) is 10.8 Å². The van der Waals surface area contributed by atoms with Gasteiger partial charge in [-0.15, -0.1) is 22.7 Å². The van der Waals surface area contributed by atoms with Crippen LogP contribution in [0.2, 0.25) is 0 Å². The van der Waals surface area contributed by atoms with Crippen molar-refractivity contribution >= 4 is 156 Å². The predicted molar refractivity (Wildman–Crippen MR) is 515 cm³/mol. The summed E-state index contributed by atoms with van der Waals surface area (Å²) in [5.74, 6) is 0.305. The van der Waals surface area contributed by atoms with Crippen LogP contribution in [0, 0.1) is 10.8 Å². The van der Waals surface area contributed by atoms with E-state index in [-0.39, 0.29) is 58.5 Å². The van der Waals surface area contributed by atoms with E-state index in [0.29, 0.717) is 55.3 Å². The maximum atomic E-state index is 13.6. The van der Waals surface area contributed by atoms with Gasteiger partial charge >= 0.3 is 241 Å². The van der Waals surface area contributed by atoms with Crippen LogP contribution in [-0.4, -0.2) is 87.8 Å². The average Bonchev–Trinajstić information content (AvgIpc) is 0.850. The molecule has 8 aliphatic rings. The van der Waals surface area contributed by atoms with Crippen molar-refractivity contribution in [2.45, 2.75) is 180 Å². The van der Waals surface area contributed by atoms with Crippen LogP contribution in [0.1, 0.15) is 179 Å². The number of nitrogens with zero attached hydrogens (tertiary/aromatic N) is 8. The molecular weight excluding hydrogens is 1670 g/mol. The summed E-state index contributed by atoms with van der Waals surface area (Å²) in [5.41, 5.74) is 21.8. The molecule has 2 saturated carbocycles. The Morgan fingerprint density at radius 3 is 1.60 bits per heavy atom. The first-order valence-corrected chi connectivity index (χ1v) is 48.4. The molecule has 638 valence electrons. The molecule has 9 aromatic carbocycles. The summed E-state index contributed by atoms with van der Waals surface area (Å²) in [6.07, 6.45) is 19.8. The molecule has 0 atom stereocenters. The van der Waals surface area contributed by atoms with E-state index in [0.717, 1.165) is 149 Å². The summed E-state index contributed by atoms with van der Waals surface area (Å²) in [6, 6.07) is 56.8. The molecule has 0 N–H and O–H groups in total. The summed E-state index contributed by atoms with van der Waals surface area (Å²) < 4.78 is 34.5. The monoisotopic (exact) mass is 1770 g/mol. The fourth-order valence-electron chi connectivity index (χ4n) is 22.5. The molecule has 0 bridgehead atoms. The first-order chi connectivity index (χ1) is 60.7. The van der Waals surface area contributed by atoms with Gasteiger partial charge in [-0.2, -0.15) is 0 Å². The molecule has 2 fully saturated rings. The number of aromatic nitrogens is 4. The number of oxazole rings is 1. The number of anilines is 4. The zero-order chi connectivity index (χ0) is 86.2. The second-order valence-corrected chi connectivity index (χ2v) is 44.1. The van der Waals surface area contributed by atoms with Crippen molar-refractivity contribution in [3.63, 3.8) is 0 Å². The van der Waals surface area contributed by atoms with Gasteiger partial charge in [0.15, 0.2) is 5.58 Å². The fraction of sp³-hybridized carbons (Fsp3) is 0.358. The van der Waals surface area contributed by atoms with E-state index in [9.17, 15) is 19.2 Å². The molecule has 17 aromatic rings. The van der Waals surface area contributed by atoms with E-state index in [1.54, 1.807) is 11.3 Å². The molecule has 126 heavy (non-hydrogen) atoms. The number of hydrogen-bond acceptors (Lipinski definition) is 19. The second kappa shape index (κ2) is 30.2. The Morgan fingerprint density at radius 1 is 0.405 bits per heavy atom. The van der Waals surface area contributed by atoms with Crippen molar-refractivity contribution in [3.8, 4) is 42.7 Å². The first kappa shape index (κ1) is 80.5. The van der Waals surface area contributed by atoms with E-state index in [1.807, 2.05) is 140 Å². The van der Waals surface area contributed by atoms with E-state index in [4.69, 9.17) is 37.0 Å². The van der Waals surface area contributed by atoms with Crippen LogP contribution in [0.5, 0.6) is 0 Å². The van der Waals surface area contributed by atoms with Crippen LogP contribution in [0.15, 0.2) is 211 Å². The third kappa shape index (κ3) is 13.8. The fourth-order valence-corrected chi connectivity index (χ4v) is 26.4. The Balaban J connectivity index is 0.000000101. The van der Waals surface area contributed by atoms with Crippen molar-refractivity contribution in [1.82, 2.24) is 19.9 Å². The van der Waals surface area contributed by atoms with E-state index < -0.39 is 5.63 Å². The number of hydrogen-bond donors (Lipinski definition) is 0. The molecule has 20 heteroatoms. The van der Waals surface area contributed by atoms with Crippen LogP contribution >= 0.6 is 22.7 Å². The Bertz CT molecular complexity index is 7510. The number of rotatable bonds is 5. The quantitative estimate of drug-likeness (QED) is 0.116. The molecule has 6 aliphatic heterocycles. The minimum absolute atomic E-state index is 0.0367. The van der Waals surface area contributed by atoms with Crippen LogP contribution in [0.4, 0.5) is 22.7 Å². The topological polar surface area (TPSA) is 198 Å². The molecule has 2 spiro atoms. The molecule has 2 aliphatic carbocycles. The first-order valence-electron chi connectivity index (χ1n) is 45.0. The molecule has 0 unspecified atom stereocenters. The molecule has 14 heterocycles. The molecule has 0 amide bonds. The number of benzene rings is 9. The second-order valence-electron chi connectivity index (χ2n) is 39.8. The minimum atomic E-state index is -0.409. The molecule has 0 saturated heterocycles. The third-order valence-corrected chi connectivity index (χ3v) is 33.4. The van der Waals surface area contributed by atoms with E-state index >= 15 is 0 Å². The predicted octanol–water partition coefficient (Wildman–Crippen LogP) is 24.2. The molecular formula is C106H102N8O9S2Se. The van der Waals surface area contributed by atoms with Gasteiger partial charge in [0, 0.05) is 96.1 Å². The van der Waals surface area contributed by atoms with Crippen LogP contribution < -0.4 is 42.1 Å². The summed E-state index contributed by atoms with van der Waals surface area (Å²) in [6.45, 7) is 24.9. The van der Waals surface area contributed by atoms with Gasteiger partial charge in [-0.05, 0) is 137 Å². The number of fused-ring (bicyclic) bond motifs is 14. The van der Waals surface area contributed by atoms with Crippen LogP contribution in [0.25, 0.3) is 139 Å². The Hall–Kier alpha value is -11.3. The third-order valence-electron chi connectivity index (χ3n) is 29.0. The summed E-state index contributed by atoms with van der Waals surface area (Å²) in [4.78, 5) is 81.0. The Morgan fingerprint density at radius 2 is 0.929 bits per heavy atom. The van der Waals surface area contributed by atoms with Crippen molar-refractivity contribution in [3.05, 3.63) is 245 Å². The van der Waals surface area contributed by atoms with Crippen molar-refractivity contribution < 1.29 is 22.1 Å². The Kier molecular flexibility index (Phi) is 19.3.